The average molecular weight is 483 g/mol. The molecule has 1 unspecified atom stereocenters. The summed E-state index contributed by atoms with van der Waals surface area (Å²) >= 11 is 0. The molecule has 1 aromatic carbocycles. The predicted octanol–water partition coefficient (Wildman–Crippen LogP) is 1.62. The third-order valence-electron chi connectivity index (χ3n) is 3.77. The molecule has 0 saturated heterocycles. The summed E-state index contributed by atoms with van der Waals surface area (Å²) in [5.74, 6) is 0.857. The van der Waals surface area contributed by atoms with E-state index in [0.717, 1.165) is 48.1 Å². The quantitative estimate of drug-likeness (QED) is 0.208. The lowest BCUT2D eigenvalue weighted by Gasteiger charge is -2.18. The molecule has 1 aromatic heterocycles. The summed E-state index contributed by atoms with van der Waals surface area (Å²) < 4.78 is 23.2. The van der Waals surface area contributed by atoms with E-state index in [1.165, 1.54) is 5.56 Å². The van der Waals surface area contributed by atoms with Crippen molar-refractivity contribution in [2.75, 3.05) is 19.0 Å². The molecule has 178 valence electrons. The van der Waals surface area contributed by atoms with Crippen LogP contribution in [0.4, 0.5) is 5.69 Å². The number of nitrogens with one attached hydrogen (secondary N) is 1. The summed E-state index contributed by atoms with van der Waals surface area (Å²) in [6.07, 6.45) is 5.16. The molecule has 0 saturated carbocycles. The lowest BCUT2D eigenvalue weighted by molar-refractivity contribution is 0.272. The SMILES string of the molecule is COc1cc(NC(C)CCCCN)c2nccc(C)c2c1.O=P(O)(O)O.O=P(O)(O)O. The third kappa shape index (κ3) is 15.8. The number of aromatic nitrogens is 1. The van der Waals surface area contributed by atoms with Crippen LogP contribution in [0.25, 0.3) is 10.9 Å². The Morgan fingerprint density at radius 1 is 1.10 bits per heavy atom. The van der Waals surface area contributed by atoms with E-state index < -0.39 is 15.6 Å². The fraction of sp³-hybridized carbons (Fsp3) is 0.471. The summed E-state index contributed by atoms with van der Waals surface area (Å²) in [4.78, 5) is 47.7. The van der Waals surface area contributed by atoms with E-state index in [9.17, 15) is 0 Å². The van der Waals surface area contributed by atoms with Crippen molar-refractivity contribution in [3.05, 3.63) is 30.0 Å². The van der Waals surface area contributed by atoms with Gasteiger partial charge in [-0.15, -0.1) is 0 Å². The van der Waals surface area contributed by atoms with E-state index in [-0.39, 0.29) is 0 Å². The van der Waals surface area contributed by atoms with Crippen LogP contribution in [0.3, 0.4) is 0 Å². The third-order valence-corrected chi connectivity index (χ3v) is 3.77. The van der Waals surface area contributed by atoms with Gasteiger partial charge in [-0.05, 0) is 50.9 Å². The zero-order valence-corrected chi connectivity index (χ0v) is 19.3. The number of nitrogens with two attached hydrogens (primary N) is 1. The first-order valence-corrected chi connectivity index (χ1v) is 12.2. The first-order chi connectivity index (χ1) is 14.2. The Kier molecular flexibility index (Phi) is 13.0. The Morgan fingerprint density at radius 3 is 2.13 bits per heavy atom. The lowest BCUT2D eigenvalue weighted by atomic mass is 10.1. The number of benzene rings is 1. The van der Waals surface area contributed by atoms with Gasteiger partial charge in [0.2, 0.25) is 0 Å². The Bertz CT molecular complexity index is 865. The van der Waals surface area contributed by atoms with E-state index in [1.54, 1.807) is 7.11 Å². The summed E-state index contributed by atoms with van der Waals surface area (Å²) in [6.45, 7) is 5.05. The second kappa shape index (κ2) is 13.7. The van der Waals surface area contributed by atoms with Crippen molar-refractivity contribution in [2.24, 2.45) is 5.73 Å². The molecule has 2 aromatic rings. The van der Waals surface area contributed by atoms with E-state index >= 15 is 0 Å². The van der Waals surface area contributed by atoms with Crippen molar-refractivity contribution < 1.29 is 43.2 Å². The van der Waals surface area contributed by atoms with Gasteiger partial charge in [0, 0.05) is 23.7 Å². The molecule has 12 nitrogen and oxygen atoms in total. The van der Waals surface area contributed by atoms with Crippen LogP contribution in [0.2, 0.25) is 0 Å². The summed E-state index contributed by atoms with van der Waals surface area (Å²) in [5.41, 5.74) is 8.79. The maximum Gasteiger partial charge on any atom is 0.466 e. The molecule has 0 aliphatic rings. The first-order valence-electron chi connectivity index (χ1n) is 9.12. The number of rotatable bonds is 7. The fourth-order valence-electron chi connectivity index (χ4n) is 2.52. The number of hydrogen-bond donors (Lipinski definition) is 8. The van der Waals surface area contributed by atoms with Crippen molar-refractivity contribution >= 4 is 32.2 Å². The molecule has 0 aliphatic heterocycles. The molecular weight excluding hydrogens is 452 g/mol. The summed E-state index contributed by atoms with van der Waals surface area (Å²) in [5, 5.41) is 4.70. The minimum Gasteiger partial charge on any atom is -0.497 e. The van der Waals surface area contributed by atoms with Crippen molar-refractivity contribution in [1.82, 2.24) is 4.98 Å². The molecule has 0 spiro atoms. The number of unbranched alkanes of at least 4 members (excludes halogenated alkanes) is 1. The standard InChI is InChI=1S/C17H25N3O.2H3O4P/c1-12-7-9-19-17-15(12)10-14(21-3)11-16(17)20-13(2)6-4-5-8-18;2*1-5(2,3)4/h7,9-11,13,20H,4-6,8,18H2,1-3H3;2*(H3,1,2,3,4). The highest BCUT2D eigenvalue weighted by Crippen LogP contribution is 2.30. The molecular formula is C17H31N3O9P2. The molecule has 2 rings (SSSR count). The van der Waals surface area contributed by atoms with Gasteiger partial charge in [-0.3, -0.25) is 4.98 Å². The fourth-order valence-corrected chi connectivity index (χ4v) is 2.52. The second-order valence-corrected chi connectivity index (χ2v) is 8.61. The zero-order chi connectivity index (χ0) is 24.2. The monoisotopic (exact) mass is 483 g/mol. The number of methoxy groups -OCH3 is 1. The molecule has 1 atom stereocenters. The molecule has 9 N–H and O–H groups in total. The maximum absolute atomic E-state index is 8.88. The Balaban J connectivity index is 0.000000752. The van der Waals surface area contributed by atoms with Crippen LogP contribution in [0, 0.1) is 6.92 Å². The number of phosphoric acid groups is 2. The average Bonchev–Trinajstić information content (AvgIpc) is 2.59. The van der Waals surface area contributed by atoms with E-state index in [0.29, 0.717) is 6.04 Å². The number of ether oxygens (including phenoxy) is 1. The molecule has 0 aliphatic carbocycles. The van der Waals surface area contributed by atoms with E-state index in [4.69, 9.17) is 49.0 Å². The first kappa shape index (κ1) is 29.4. The van der Waals surface area contributed by atoms with Gasteiger partial charge < -0.3 is 45.1 Å². The van der Waals surface area contributed by atoms with Crippen molar-refractivity contribution in [3.8, 4) is 5.75 Å². The summed E-state index contributed by atoms with van der Waals surface area (Å²) in [6, 6.07) is 6.47. The molecule has 1 heterocycles. The van der Waals surface area contributed by atoms with Gasteiger partial charge in [0.15, 0.2) is 0 Å². The van der Waals surface area contributed by atoms with Gasteiger partial charge in [0.25, 0.3) is 0 Å². The predicted molar refractivity (Wildman–Crippen MR) is 118 cm³/mol. The summed E-state index contributed by atoms with van der Waals surface area (Å²) in [7, 11) is -7.58. The molecule has 31 heavy (non-hydrogen) atoms. The molecule has 0 radical (unpaired) electrons. The van der Waals surface area contributed by atoms with Crippen LogP contribution in [-0.2, 0) is 9.13 Å². The topological polar surface area (TPSA) is 216 Å². The van der Waals surface area contributed by atoms with Crippen LogP contribution >= 0.6 is 15.6 Å². The Hall–Kier alpha value is -1.59. The molecule has 0 bridgehead atoms. The van der Waals surface area contributed by atoms with Gasteiger partial charge in [0.05, 0.1) is 18.3 Å². The second-order valence-electron chi connectivity index (χ2n) is 6.56. The van der Waals surface area contributed by atoms with Crippen molar-refractivity contribution in [2.45, 2.75) is 39.2 Å². The smallest absolute Gasteiger partial charge is 0.466 e. The van der Waals surface area contributed by atoms with Crippen molar-refractivity contribution in [3.63, 3.8) is 0 Å². The Labute approximate surface area is 180 Å². The highest BCUT2D eigenvalue weighted by Gasteiger charge is 2.10. The number of nitrogens with zero attached hydrogens (tertiary/aromatic N) is 1. The molecule has 0 amide bonds. The van der Waals surface area contributed by atoms with Gasteiger partial charge in [-0.25, -0.2) is 9.13 Å². The van der Waals surface area contributed by atoms with E-state index in [2.05, 4.69) is 24.1 Å². The van der Waals surface area contributed by atoms with Crippen LogP contribution in [0.1, 0.15) is 31.7 Å². The van der Waals surface area contributed by atoms with Gasteiger partial charge in [-0.1, -0.05) is 6.42 Å². The van der Waals surface area contributed by atoms with Crippen LogP contribution < -0.4 is 15.8 Å². The number of anilines is 1. The lowest BCUT2D eigenvalue weighted by Crippen LogP contribution is -2.16. The number of pyridine rings is 1. The zero-order valence-electron chi connectivity index (χ0n) is 17.5. The van der Waals surface area contributed by atoms with Crippen molar-refractivity contribution in [1.29, 1.82) is 0 Å². The highest BCUT2D eigenvalue weighted by molar-refractivity contribution is 7.45. The van der Waals surface area contributed by atoms with Gasteiger partial charge in [-0.2, -0.15) is 0 Å². The minimum absolute atomic E-state index is 0.383. The molecule has 0 fully saturated rings. The van der Waals surface area contributed by atoms with Gasteiger partial charge >= 0.3 is 15.6 Å². The maximum atomic E-state index is 8.88. The van der Waals surface area contributed by atoms with Crippen LogP contribution in [0.15, 0.2) is 24.4 Å². The minimum atomic E-state index is -4.64. The number of aryl methyl sites for hydroxylation is 1. The highest BCUT2D eigenvalue weighted by atomic mass is 31.2. The van der Waals surface area contributed by atoms with Crippen LogP contribution in [0.5, 0.6) is 5.75 Å². The normalized spacial score (nSPS) is 12.2. The Morgan fingerprint density at radius 2 is 1.65 bits per heavy atom. The van der Waals surface area contributed by atoms with Crippen LogP contribution in [-0.4, -0.2) is 54.0 Å². The van der Waals surface area contributed by atoms with E-state index in [1.807, 2.05) is 24.4 Å². The number of fused-ring (bicyclic) bond motifs is 1. The molecule has 14 heteroatoms. The number of hydrogen-bond acceptors (Lipinski definition) is 6. The largest absolute Gasteiger partial charge is 0.497 e. The van der Waals surface area contributed by atoms with Gasteiger partial charge in [0.1, 0.15) is 5.75 Å².